The Morgan fingerprint density at radius 1 is 1.29 bits per heavy atom. The van der Waals surface area contributed by atoms with E-state index in [1.54, 1.807) is 0 Å². The molecule has 0 atom stereocenters. The number of rotatable bonds is 6. The van der Waals surface area contributed by atoms with Gasteiger partial charge in [-0.25, -0.2) is 0 Å². The number of anilines is 1. The van der Waals surface area contributed by atoms with Crippen LogP contribution >= 0.6 is 11.6 Å². The number of nitrogens with one attached hydrogen (secondary N) is 1. The maximum atomic E-state index is 6.06. The van der Waals surface area contributed by atoms with E-state index < -0.39 is 0 Å². The molecule has 112 valence electrons. The molecule has 0 amide bonds. The number of hydrogen-bond acceptors (Lipinski definition) is 3. The van der Waals surface area contributed by atoms with Crippen molar-refractivity contribution in [2.45, 2.75) is 26.9 Å². The van der Waals surface area contributed by atoms with Crippen molar-refractivity contribution in [3.8, 4) is 0 Å². The molecule has 0 bridgehead atoms. The fraction of sp³-hybridized carbons (Fsp3) is 0.353. The Balaban J connectivity index is 2.20. The van der Waals surface area contributed by atoms with E-state index in [4.69, 9.17) is 11.6 Å². The van der Waals surface area contributed by atoms with Crippen LogP contribution in [0.1, 0.15) is 23.7 Å². The second-order valence-corrected chi connectivity index (χ2v) is 5.66. The molecule has 1 aromatic carbocycles. The van der Waals surface area contributed by atoms with E-state index in [0.717, 1.165) is 30.4 Å². The van der Waals surface area contributed by atoms with Gasteiger partial charge in [-0.3, -0.25) is 4.98 Å². The van der Waals surface area contributed by atoms with E-state index in [2.05, 4.69) is 41.3 Å². The van der Waals surface area contributed by atoms with E-state index in [0.29, 0.717) is 0 Å². The Morgan fingerprint density at radius 2 is 2.10 bits per heavy atom. The summed E-state index contributed by atoms with van der Waals surface area (Å²) in [7, 11) is 2.10. The topological polar surface area (TPSA) is 28.2 Å². The summed E-state index contributed by atoms with van der Waals surface area (Å²) in [4.78, 5) is 6.65. The van der Waals surface area contributed by atoms with Gasteiger partial charge in [-0.15, -0.1) is 0 Å². The molecular weight excluding hydrogens is 282 g/mol. The van der Waals surface area contributed by atoms with Crippen LogP contribution in [0.5, 0.6) is 0 Å². The number of halogens is 1. The molecule has 0 aliphatic heterocycles. The van der Waals surface area contributed by atoms with Crippen molar-refractivity contribution in [3.63, 3.8) is 0 Å². The minimum Gasteiger partial charge on any atom is -0.370 e. The van der Waals surface area contributed by atoms with Gasteiger partial charge in [0.05, 0.1) is 0 Å². The lowest BCUT2D eigenvalue weighted by molar-refractivity contribution is 0.720. The second kappa shape index (κ2) is 7.43. The number of aromatic nitrogens is 1. The van der Waals surface area contributed by atoms with Gasteiger partial charge >= 0.3 is 0 Å². The zero-order valence-electron chi connectivity index (χ0n) is 12.9. The molecule has 21 heavy (non-hydrogen) atoms. The highest BCUT2D eigenvalue weighted by Crippen LogP contribution is 2.22. The zero-order valence-corrected chi connectivity index (χ0v) is 13.6. The van der Waals surface area contributed by atoms with E-state index in [1.807, 2.05) is 31.3 Å². The van der Waals surface area contributed by atoms with Crippen molar-refractivity contribution in [2.24, 2.45) is 0 Å². The van der Waals surface area contributed by atoms with Gasteiger partial charge in [0.2, 0.25) is 0 Å². The first-order valence-electron chi connectivity index (χ1n) is 7.22. The van der Waals surface area contributed by atoms with Crippen molar-refractivity contribution in [1.82, 2.24) is 10.3 Å². The highest BCUT2D eigenvalue weighted by Gasteiger charge is 2.09. The van der Waals surface area contributed by atoms with Crippen LogP contribution in [-0.4, -0.2) is 18.6 Å². The molecule has 0 unspecified atom stereocenters. The Hall–Kier alpha value is -1.58. The van der Waals surface area contributed by atoms with Gasteiger partial charge in [0.15, 0.2) is 0 Å². The molecule has 0 saturated carbocycles. The average Bonchev–Trinajstić information content (AvgIpc) is 2.46. The summed E-state index contributed by atoms with van der Waals surface area (Å²) in [5.41, 5.74) is 4.66. The molecule has 4 heteroatoms. The molecule has 0 saturated heterocycles. The summed E-state index contributed by atoms with van der Waals surface area (Å²) in [5.74, 6) is 0. The lowest BCUT2D eigenvalue weighted by atomic mass is 10.1. The van der Waals surface area contributed by atoms with Gasteiger partial charge < -0.3 is 10.2 Å². The first kappa shape index (κ1) is 15.8. The SMILES string of the molecule is CCNCc1cnc(C)cc1N(C)Cc1cccc(Cl)c1. The standard InChI is InChI=1S/C17H22ClN3/c1-4-19-10-15-11-20-13(2)8-17(15)21(3)12-14-6-5-7-16(18)9-14/h5-9,11,19H,4,10,12H2,1-3H3. The van der Waals surface area contributed by atoms with Crippen LogP contribution in [0.3, 0.4) is 0 Å². The van der Waals surface area contributed by atoms with Crippen molar-refractivity contribution < 1.29 is 0 Å². The van der Waals surface area contributed by atoms with Crippen LogP contribution in [0, 0.1) is 6.92 Å². The van der Waals surface area contributed by atoms with Gasteiger partial charge in [-0.1, -0.05) is 30.7 Å². The lowest BCUT2D eigenvalue weighted by Gasteiger charge is -2.23. The first-order chi connectivity index (χ1) is 10.1. The van der Waals surface area contributed by atoms with Crippen molar-refractivity contribution >= 4 is 17.3 Å². The summed E-state index contributed by atoms with van der Waals surface area (Å²) in [6.45, 7) is 6.73. The molecule has 0 spiro atoms. The highest BCUT2D eigenvalue weighted by atomic mass is 35.5. The normalized spacial score (nSPS) is 10.7. The number of pyridine rings is 1. The average molecular weight is 304 g/mol. The first-order valence-corrected chi connectivity index (χ1v) is 7.59. The molecule has 0 aliphatic rings. The molecule has 0 aliphatic carbocycles. The molecule has 1 heterocycles. The third-order valence-electron chi connectivity index (χ3n) is 3.38. The maximum Gasteiger partial charge on any atom is 0.0445 e. The van der Waals surface area contributed by atoms with Crippen LogP contribution in [-0.2, 0) is 13.1 Å². The summed E-state index contributed by atoms with van der Waals surface area (Å²) in [6.07, 6.45) is 1.96. The predicted molar refractivity (Wildman–Crippen MR) is 89.9 cm³/mol. The molecule has 1 N–H and O–H groups in total. The van der Waals surface area contributed by atoms with Crippen molar-refractivity contribution in [1.29, 1.82) is 0 Å². The molecule has 0 fully saturated rings. The summed E-state index contributed by atoms with van der Waals surface area (Å²) in [6, 6.07) is 10.1. The Morgan fingerprint density at radius 3 is 2.81 bits per heavy atom. The van der Waals surface area contributed by atoms with Crippen LogP contribution in [0.15, 0.2) is 36.5 Å². The quantitative estimate of drug-likeness (QED) is 0.880. The Bertz CT molecular complexity index is 598. The minimum atomic E-state index is 0.777. The third-order valence-corrected chi connectivity index (χ3v) is 3.62. The smallest absolute Gasteiger partial charge is 0.0445 e. The van der Waals surface area contributed by atoms with Gasteiger partial charge in [0, 0.05) is 48.3 Å². The largest absolute Gasteiger partial charge is 0.370 e. The van der Waals surface area contributed by atoms with Gasteiger partial charge in [0.25, 0.3) is 0 Å². The monoisotopic (exact) mass is 303 g/mol. The molecule has 0 radical (unpaired) electrons. The molecular formula is C17H22ClN3. The summed E-state index contributed by atoms with van der Waals surface area (Å²) < 4.78 is 0. The van der Waals surface area contributed by atoms with Crippen molar-refractivity contribution in [2.75, 3.05) is 18.5 Å². The summed E-state index contributed by atoms with van der Waals surface area (Å²) >= 11 is 6.06. The van der Waals surface area contributed by atoms with Crippen LogP contribution < -0.4 is 10.2 Å². The Kier molecular flexibility index (Phi) is 5.59. The van der Waals surface area contributed by atoms with Crippen LogP contribution in [0.2, 0.25) is 5.02 Å². The molecule has 3 nitrogen and oxygen atoms in total. The van der Waals surface area contributed by atoms with E-state index in [1.165, 1.54) is 16.8 Å². The van der Waals surface area contributed by atoms with Gasteiger partial charge in [-0.2, -0.15) is 0 Å². The highest BCUT2D eigenvalue weighted by molar-refractivity contribution is 6.30. The van der Waals surface area contributed by atoms with Gasteiger partial charge in [-0.05, 0) is 37.2 Å². The summed E-state index contributed by atoms with van der Waals surface area (Å²) in [5, 5.41) is 4.14. The lowest BCUT2D eigenvalue weighted by Crippen LogP contribution is -2.21. The van der Waals surface area contributed by atoms with E-state index >= 15 is 0 Å². The number of nitrogens with zero attached hydrogens (tertiary/aromatic N) is 2. The number of benzene rings is 1. The van der Waals surface area contributed by atoms with E-state index in [-0.39, 0.29) is 0 Å². The van der Waals surface area contributed by atoms with Crippen LogP contribution in [0.4, 0.5) is 5.69 Å². The second-order valence-electron chi connectivity index (χ2n) is 5.22. The molecule has 1 aromatic heterocycles. The molecule has 2 aromatic rings. The number of aryl methyl sites for hydroxylation is 1. The fourth-order valence-corrected chi connectivity index (χ4v) is 2.53. The minimum absolute atomic E-state index is 0.777. The van der Waals surface area contributed by atoms with Gasteiger partial charge in [0.1, 0.15) is 0 Å². The van der Waals surface area contributed by atoms with Crippen molar-refractivity contribution in [3.05, 3.63) is 58.4 Å². The number of hydrogen-bond donors (Lipinski definition) is 1. The van der Waals surface area contributed by atoms with E-state index in [9.17, 15) is 0 Å². The maximum absolute atomic E-state index is 6.06. The zero-order chi connectivity index (χ0) is 15.2. The fourth-order valence-electron chi connectivity index (χ4n) is 2.32. The van der Waals surface area contributed by atoms with Crippen LogP contribution in [0.25, 0.3) is 0 Å². The predicted octanol–water partition coefficient (Wildman–Crippen LogP) is 3.79. The Labute approximate surface area is 132 Å². The third kappa shape index (κ3) is 4.45. The molecule has 2 rings (SSSR count).